The fraction of sp³-hybridized carbons (Fsp3) is 0.422. The smallest absolute Gasteiger partial charge is 0.407 e. The van der Waals surface area contributed by atoms with E-state index in [9.17, 15) is 24.3 Å². The van der Waals surface area contributed by atoms with E-state index in [1.165, 1.54) is 7.11 Å². The summed E-state index contributed by atoms with van der Waals surface area (Å²) in [6.07, 6.45) is 3.27. The van der Waals surface area contributed by atoms with Crippen molar-refractivity contribution < 1.29 is 29.0 Å². The average molecular weight is 803 g/mol. The maximum absolute atomic E-state index is 13.7. The molecule has 0 unspecified atom stereocenters. The summed E-state index contributed by atoms with van der Waals surface area (Å²) in [7, 11) is 1.29. The van der Waals surface area contributed by atoms with E-state index in [1.807, 2.05) is 38.8 Å². The van der Waals surface area contributed by atoms with Gasteiger partial charge in [-0.25, -0.2) is 19.6 Å². The Labute approximate surface area is 344 Å². The Morgan fingerprint density at radius 3 is 1.61 bits per heavy atom. The molecule has 4 heterocycles. The fourth-order valence-electron chi connectivity index (χ4n) is 8.54. The quantitative estimate of drug-likeness (QED) is 0.0896. The zero-order valence-electron chi connectivity index (χ0n) is 34.7. The van der Waals surface area contributed by atoms with Gasteiger partial charge in [0, 0.05) is 18.7 Å². The van der Waals surface area contributed by atoms with Gasteiger partial charge in [-0.3, -0.25) is 9.59 Å². The maximum Gasteiger partial charge on any atom is 0.407 e. The van der Waals surface area contributed by atoms with Gasteiger partial charge in [-0.1, -0.05) is 90.1 Å². The van der Waals surface area contributed by atoms with E-state index in [0.29, 0.717) is 18.9 Å². The number of nitrogens with one attached hydrogen (secondary N) is 4. The van der Waals surface area contributed by atoms with Crippen LogP contribution in [0, 0.1) is 23.7 Å². The minimum Gasteiger partial charge on any atom is -0.465 e. The Balaban J connectivity index is 1.04. The molecule has 2 fully saturated rings. The lowest BCUT2D eigenvalue weighted by Crippen LogP contribution is -2.51. The molecular formula is C45H54N8O6. The van der Waals surface area contributed by atoms with Crippen LogP contribution in [-0.2, 0) is 14.3 Å². The molecule has 0 aliphatic carbocycles. The summed E-state index contributed by atoms with van der Waals surface area (Å²) in [4.78, 5) is 70.7. The first-order chi connectivity index (χ1) is 28.2. The molecular weight excluding hydrogens is 749 g/mol. The van der Waals surface area contributed by atoms with E-state index in [1.54, 1.807) is 11.1 Å². The average Bonchev–Trinajstić information content (AvgIpc) is 4.04. The lowest BCUT2D eigenvalue weighted by atomic mass is 9.98. The molecule has 5 aromatic rings. The van der Waals surface area contributed by atoms with E-state index in [0.717, 1.165) is 63.1 Å². The zero-order valence-corrected chi connectivity index (χ0v) is 34.7. The number of aromatic nitrogens is 4. The minimum atomic E-state index is -1.21. The lowest BCUT2D eigenvalue weighted by Gasteiger charge is -2.30. The Bertz CT molecular complexity index is 2330. The number of H-pyrrole nitrogens is 2. The number of nitrogens with zero attached hydrogens (tertiary/aromatic N) is 4. The summed E-state index contributed by atoms with van der Waals surface area (Å²) in [6.45, 7) is 12.8. The normalized spacial score (nSPS) is 20.3. The topological polar surface area (TPSA) is 186 Å². The highest BCUT2D eigenvalue weighted by Gasteiger charge is 2.41. The molecule has 4 amide bonds. The molecule has 6 atom stereocenters. The van der Waals surface area contributed by atoms with Crippen LogP contribution >= 0.6 is 0 Å². The second kappa shape index (κ2) is 17.0. The number of aromatic amines is 2. The highest BCUT2D eigenvalue weighted by Crippen LogP contribution is 2.38. The number of methoxy groups -OCH3 is 1. The zero-order chi connectivity index (χ0) is 42.1. The SMILES string of the molecule is COC(=O)N[C@H](C(=O)N1C[C@@H](C)C[C@H]1c1ncc(-c2ccc3cc(-c4ccc(-c5cnc([C@@H]6C[C@H](C)CN6C(=O)[C@@H](NC(=O)O)C(C)C)[nH]5)cc4)ccc3c2)[nH]1)C(C)C. The largest absolute Gasteiger partial charge is 0.465 e. The molecule has 0 bridgehead atoms. The number of rotatable bonds is 11. The van der Waals surface area contributed by atoms with Crippen LogP contribution in [0.2, 0.25) is 0 Å². The van der Waals surface area contributed by atoms with Gasteiger partial charge in [-0.15, -0.1) is 0 Å². The third-order valence-corrected chi connectivity index (χ3v) is 11.7. The number of amides is 4. The summed E-state index contributed by atoms with van der Waals surface area (Å²) in [5, 5.41) is 16.6. The van der Waals surface area contributed by atoms with Gasteiger partial charge in [-0.05, 0) is 76.1 Å². The predicted molar refractivity (Wildman–Crippen MR) is 225 cm³/mol. The number of imidazole rings is 2. The summed E-state index contributed by atoms with van der Waals surface area (Å²) < 4.78 is 4.78. The Morgan fingerprint density at radius 2 is 1.12 bits per heavy atom. The highest BCUT2D eigenvalue weighted by molar-refractivity contribution is 5.91. The number of benzene rings is 3. The summed E-state index contributed by atoms with van der Waals surface area (Å²) in [5.74, 6) is 1.25. The Kier molecular flexibility index (Phi) is 11.8. The van der Waals surface area contributed by atoms with E-state index in [4.69, 9.17) is 9.72 Å². The second-order valence-electron chi connectivity index (χ2n) is 16.9. The number of likely N-dealkylation sites (tertiary alicyclic amines) is 2. The van der Waals surface area contributed by atoms with Gasteiger partial charge in [0.05, 0.1) is 43.0 Å². The van der Waals surface area contributed by atoms with Crippen molar-refractivity contribution in [1.82, 2.24) is 40.4 Å². The molecule has 7 rings (SSSR count). The van der Waals surface area contributed by atoms with Crippen LogP contribution in [0.15, 0.2) is 73.1 Å². The van der Waals surface area contributed by atoms with Gasteiger partial charge in [0.25, 0.3) is 0 Å². The number of fused-ring (bicyclic) bond motifs is 1. The molecule has 2 aliphatic rings. The molecule has 3 aromatic carbocycles. The summed E-state index contributed by atoms with van der Waals surface area (Å²) in [5.41, 5.74) is 5.80. The molecule has 0 saturated carbocycles. The van der Waals surface area contributed by atoms with Crippen LogP contribution in [0.1, 0.15) is 78.1 Å². The van der Waals surface area contributed by atoms with Crippen LogP contribution in [-0.4, -0.2) is 91.1 Å². The molecule has 2 saturated heterocycles. The number of carboxylic acid groups (broad SMARTS) is 1. The maximum atomic E-state index is 13.7. The van der Waals surface area contributed by atoms with Gasteiger partial charge < -0.3 is 40.2 Å². The van der Waals surface area contributed by atoms with Crippen LogP contribution < -0.4 is 10.6 Å². The number of hydrogen-bond acceptors (Lipinski definition) is 7. The van der Waals surface area contributed by atoms with Crippen LogP contribution in [0.4, 0.5) is 9.59 Å². The van der Waals surface area contributed by atoms with Crippen molar-refractivity contribution in [2.75, 3.05) is 20.2 Å². The number of alkyl carbamates (subject to hydrolysis) is 1. The third-order valence-electron chi connectivity index (χ3n) is 11.7. The van der Waals surface area contributed by atoms with Gasteiger partial charge >= 0.3 is 12.2 Å². The molecule has 5 N–H and O–H groups in total. The van der Waals surface area contributed by atoms with Crippen LogP contribution in [0.3, 0.4) is 0 Å². The van der Waals surface area contributed by atoms with Crippen molar-refractivity contribution in [1.29, 1.82) is 0 Å². The first kappa shape index (κ1) is 41.0. The third kappa shape index (κ3) is 8.67. The van der Waals surface area contributed by atoms with Crippen molar-refractivity contribution in [3.05, 3.63) is 84.7 Å². The lowest BCUT2D eigenvalue weighted by molar-refractivity contribution is -0.136. The number of hydrogen-bond donors (Lipinski definition) is 5. The number of carbonyl (C=O) groups excluding carboxylic acids is 3. The van der Waals surface area contributed by atoms with Crippen molar-refractivity contribution in [2.45, 2.75) is 78.6 Å². The van der Waals surface area contributed by atoms with Gasteiger partial charge in [0.15, 0.2) is 0 Å². The monoisotopic (exact) mass is 802 g/mol. The van der Waals surface area contributed by atoms with Crippen molar-refractivity contribution in [2.24, 2.45) is 23.7 Å². The summed E-state index contributed by atoms with van der Waals surface area (Å²) in [6, 6.07) is 19.0. The van der Waals surface area contributed by atoms with E-state index >= 15 is 0 Å². The second-order valence-corrected chi connectivity index (χ2v) is 16.9. The highest BCUT2D eigenvalue weighted by atomic mass is 16.5. The molecule has 59 heavy (non-hydrogen) atoms. The van der Waals surface area contributed by atoms with E-state index in [-0.39, 0.29) is 47.6 Å². The molecule has 2 aromatic heterocycles. The van der Waals surface area contributed by atoms with Gasteiger partial charge in [0.2, 0.25) is 11.8 Å². The van der Waals surface area contributed by atoms with Gasteiger partial charge in [-0.2, -0.15) is 0 Å². The molecule has 0 spiro atoms. The van der Waals surface area contributed by atoms with Crippen molar-refractivity contribution in [3.8, 4) is 33.6 Å². The Morgan fingerprint density at radius 1 is 0.678 bits per heavy atom. The van der Waals surface area contributed by atoms with Crippen LogP contribution in [0.25, 0.3) is 44.4 Å². The fourth-order valence-corrected chi connectivity index (χ4v) is 8.54. The molecule has 14 nitrogen and oxygen atoms in total. The molecule has 14 heteroatoms. The Hall–Kier alpha value is -6.18. The van der Waals surface area contributed by atoms with E-state index < -0.39 is 24.3 Å². The van der Waals surface area contributed by atoms with Crippen molar-refractivity contribution in [3.63, 3.8) is 0 Å². The standard InChI is InChI=1S/C45H54N8O6/c1-24(2)38(50-44(56)57)42(54)52-22-26(5)16-36(52)40-46-20-34(48-40)29-10-8-28(9-11-29)30-12-13-32-19-33(15-14-31(32)18-30)35-21-47-41(49-35)37-17-27(6)23-53(37)43(55)39(25(3)4)51-45(58)59-7/h8-15,18-21,24-27,36-39,50H,16-17,22-23H2,1-7H3,(H,46,48)(H,47,49)(H,51,58)(H,56,57)/t26-,27-,36-,37-,38-,39-/m0/s1. The van der Waals surface area contributed by atoms with Gasteiger partial charge in [0.1, 0.15) is 23.7 Å². The first-order valence-electron chi connectivity index (χ1n) is 20.4. The van der Waals surface area contributed by atoms with Crippen LogP contribution in [0.5, 0.6) is 0 Å². The summed E-state index contributed by atoms with van der Waals surface area (Å²) >= 11 is 0. The first-order valence-corrected chi connectivity index (χ1v) is 20.4. The van der Waals surface area contributed by atoms with E-state index in [2.05, 4.69) is 100 Å². The number of ether oxygens (including phenoxy) is 1. The molecule has 0 radical (unpaired) electrons. The molecule has 310 valence electrons. The minimum absolute atomic E-state index is 0.117. The number of carbonyl (C=O) groups is 4. The molecule has 2 aliphatic heterocycles. The van der Waals surface area contributed by atoms with Crippen molar-refractivity contribution >= 4 is 34.8 Å². The predicted octanol–water partition coefficient (Wildman–Crippen LogP) is 7.78.